The number of furan rings is 1. The molecule has 2 aromatic heterocycles. The van der Waals surface area contributed by atoms with Crippen LogP contribution in [0.3, 0.4) is 0 Å². The van der Waals surface area contributed by atoms with Crippen LogP contribution in [-0.2, 0) is 11.2 Å². The Morgan fingerprint density at radius 1 is 1.08 bits per heavy atom. The first kappa shape index (κ1) is 27.9. The van der Waals surface area contributed by atoms with Gasteiger partial charge in [0.2, 0.25) is 0 Å². The maximum Gasteiger partial charge on any atom is 0.287 e. The van der Waals surface area contributed by atoms with E-state index in [9.17, 15) is 9.18 Å². The number of hydrogen-bond donors (Lipinski definition) is 1. The third-order valence-electron chi connectivity index (χ3n) is 6.33. The Labute approximate surface area is 228 Å². The quantitative estimate of drug-likeness (QED) is 0.316. The number of amides is 1. The fourth-order valence-corrected chi connectivity index (χ4v) is 4.85. The number of nitrogens with one attached hydrogen (secondary N) is 1. The van der Waals surface area contributed by atoms with Crippen molar-refractivity contribution < 1.29 is 13.6 Å². The molecule has 10 heteroatoms. The molecule has 1 aliphatic heterocycles. The van der Waals surface area contributed by atoms with Gasteiger partial charge in [0.05, 0.1) is 17.1 Å². The van der Waals surface area contributed by atoms with Crippen LogP contribution in [0.15, 0.2) is 52.0 Å². The molecular weight excluding hydrogens is 503 g/mol. The van der Waals surface area contributed by atoms with Crippen LogP contribution >= 0.6 is 11.8 Å². The van der Waals surface area contributed by atoms with Gasteiger partial charge in [-0.25, -0.2) is 14.4 Å². The third-order valence-corrected chi connectivity index (χ3v) is 7.20. The summed E-state index contributed by atoms with van der Waals surface area (Å²) in [5, 5.41) is 3.53. The van der Waals surface area contributed by atoms with Crippen molar-refractivity contribution in [1.82, 2.24) is 20.2 Å². The zero-order valence-corrected chi connectivity index (χ0v) is 23.6. The van der Waals surface area contributed by atoms with E-state index in [1.807, 2.05) is 37.2 Å². The summed E-state index contributed by atoms with van der Waals surface area (Å²) < 4.78 is 20.1. The van der Waals surface area contributed by atoms with Crippen LogP contribution in [0, 0.1) is 5.82 Å². The highest BCUT2D eigenvalue weighted by atomic mass is 32.2. The summed E-state index contributed by atoms with van der Waals surface area (Å²) in [6.45, 7) is 10.6. The van der Waals surface area contributed by atoms with E-state index in [2.05, 4.69) is 42.0 Å². The van der Waals surface area contributed by atoms with Crippen molar-refractivity contribution in [3.8, 4) is 0 Å². The van der Waals surface area contributed by atoms with Crippen molar-refractivity contribution >= 4 is 29.2 Å². The molecule has 0 bridgehead atoms. The van der Waals surface area contributed by atoms with Gasteiger partial charge in [0.15, 0.2) is 10.9 Å². The molecule has 0 radical (unpaired) electrons. The largest absolute Gasteiger partial charge is 0.455 e. The minimum Gasteiger partial charge on any atom is -0.455 e. The summed E-state index contributed by atoms with van der Waals surface area (Å²) in [5.74, 6) is 1.98. The smallest absolute Gasteiger partial charge is 0.287 e. The number of carbonyl (C=O) groups is 1. The van der Waals surface area contributed by atoms with Gasteiger partial charge in [-0.05, 0) is 38.4 Å². The van der Waals surface area contributed by atoms with Crippen LogP contribution in [0.1, 0.15) is 42.8 Å². The fourth-order valence-electron chi connectivity index (χ4n) is 4.10. The maximum atomic E-state index is 14.3. The normalized spacial score (nSPS) is 14.3. The molecular formula is C28H37FN6O2S. The Morgan fingerprint density at radius 2 is 1.79 bits per heavy atom. The van der Waals surface area contributed by atoms with Crippen LogP contribution in [0.4, 0.5) is 15.9 Å². The van der Waals surface area contributed by atoms with Crippen LogP contribution in [-0.4, -0.2) is 74.1 Å². The van der Waals surface area contributed by atoms with Gasteiger partial charge in [-0.15, -0.1) is 0 Å². The predicted molar refractivity (Wildman–Crippen MR) is 151 cm³/mol. The number of thioether (sulfide) groups is 1. The Bertz CT molecular complexity index is 1230. The molecule has 8 nitrogen and oxygen atoms in total. The second kappa shape index (κ2) is 12.2. The second-order valence-corrected chi connectivity index (χ2v) is 11.6. The number of hydrogen-bond acceptors (Lipinski definition) is 8. The van der Waals surface area contributed by atoms with Gasteiger partial charge in [-0.2, -0.15) is 0 Å². The molecule has 38 heavy (non-hydrogen) atoms. The van der Waals surface area contributed by atoms with Crippen molar-refractivity contribution in [3.05, 3.63) is 65.5 Å². The van der Waals surface area contributed by atoms with Crippen LogP contribution in [0.5, 0.6) is 0 Å². The Balaban J connectivity index is 1.42. The van der Waals surface area contributed by atoms with E-state index in [0.29, 0.717) is 47.8 Å². The van der Waals surface area contributed by atoms with Crippen LogP contribution in [0.25, 0.3) is 0 Å². The molecule has 0 unspecified atom stereocenters. The zero-order chi connectivity index (χ0) is 27.3. The first-order valence-electron chi connectivity index (χ1n) is 12.9. The van der Waals surface area contributed by atoms with Gasteiger partial charge < -0.3 is 24.4 Å². The molecule has 3 heterocycles. The number of rotatable bonds is 9. The molecule has 0 saturated carbocycles. The Hall–Kier alpha value is -3.11. The minimum atomic E-state index is -0.217. The van der Waals surface area contributed by atoms with Gasteiger partial charge >= 0.3 is 0 Å². The lowest BCUT2D eigenvalue weighted by atomic mass is 9.92. The monoisotopic (exact) mass is 540 g/mol. The topological polar surface area (TPSA) is 77.7 Å². The van der Waals surface area contributed by atoms with Crippen LogP contribution < -0.4 is 15.1 Å². The van der Waals surface area contributed by atoms with Gasteiger partial charge in [0.1, 0.15) is 17.4 Å². The molecule has 0 atom stereocenters. The standard InChI is InChI=1S/C28H37FN6O2S/c1-28(2,3)24-18-25(35-16-14-34(15-17-35)22-9-7-6-8-21(22)29)32-27(31-24)38-19-20-10-11-23(37-20)26(36)30-12-13-33(4)5/h6-11,18H,12-17,19H2,1-5H3,(H,30,36). The summed E-state index contributed by atoms with van der Waals surface area (Å²) >= 11 is 1.49. The second-order valence-electron chi connectivity index (χ2n) is 10.7. The number of nitrogens with zero attached hydrogens (tertiary/aromatic N) is 5. The van der Waals surface area contributed by atoms with E-state index in [-0.39, 0.29) is 17.1 Å². The molecule has 0 aliphatic carbocycles. The number of para-hydroxylation sites is 1. The molecule has 1 amide bonds. The SMILES string of the molecule is CN(C)CCNC(=O)c1ccc(CSc2nc(N3CCN(c4ccccc4F)CC3)cc(C(C)(C)C)n2)o1. The lowest BCUT2D eigenvalue weighted by Crippen LogP contribution is -2.47. The van der Waals surface area contributed by atoms with E-state index < -0.39 is 0 Å². The first-order valence-corrected chi connectivity index (χ1v) is 13.9. The average molecular weight is 541 g/mol. The van der Waals surface area contributed by atoms with E-state index in [1.54, 1.807) is 12.1 Å². The number of aromatic nitrogens is 2. The first-order chi connectivity index (χ1) is 18.1. The lowest BCUT2D eigenvalue weighted by molar-refractivity contribution is 0.0922. The van der Waals surface area contributed by atoms with Gasteiger partial charge in [0, 0.05) is 50.7 Å². The van der Waals surface area contributed by atoms with Gasteiger partial charge in [-0.3, -0.25) is 4.79 Å². The van der Waals surface area contributed by atoms with Crippen molar-refractivity contribution in [2.45, 2.75) is 37.1 Å². The maximum absolute atomic E-state index is 14.3. The molecule has 1 aromatic carbocycles. The number of piperazine rings is 1. The summed E-state index contributed by atoms with van der Waals surface area (Å²) in [4.78, 5) is 28.3. The fraction of sp³-hybridized carbons (Fsp3) is 0.464. The molecule has 1 aliphatic rings. The minimum absolute atomic E-state index is 0.148. The van der Waals surface area contributed by atoms with Crippen molar-refractivity contribution in [3.63, 3.8) is 0 Å². The number of likely N-dealkylation sites (N-methyl/N-ethyl adjacent to an activating group) is 1. The van der Waals surface area contributed by atoms with Crippen molar-refractivity contribution in [2.24, 2.45) is 0 Å². The van der Waals surface area contributed by atoms with Crippen LogP contribution in [0.2, 0.25) is 0 Å². The predicted octanol–water partition coefficient (Wildman–Crippen LogP) is 4.42. The highest BCUT2D eigenvalue weighted by molar-refractivity contribution is 7.98. The highest BCUT2D eigenvalue weighted by Gasteiger charge is 2.24. The van der Waals surface area contributed by atoms with E-state index >= 15 is 0 Å². The van der Waals surface area contributed by atoms with Crippen molar-refractivity contribution in [2.75, 3.05) is 63.2 Å². The average Bonchev–Trinajstić information content (AvgIpc) is 3.36. The van der Waals surface area contributed by atoms with Crippen molar-refractivity contribution in [1.29, 1.82) is 0 Å². The Kier molecular flexibility index (Phi) is 8.94. The molecule has 0 spiro atoms. The number of benzene rings is 1. The lowest BCUT2D eigenvalue weighted by Gasteiger charge is -2.37. The molecule has 3 aromatic rings. The molecule has 4 rings (SSSR count). The summed E-state index contributed by atoms with van der Waals surface area (Å²) in [7, 11) is 3.92. The zero-order valence-electron chi connectivity index (χ0n) is 22.8. The van der Waals surface area contributed by atoms with E-state index in [1.165, 1.54) is 17.8 Å². The Morgan fingerprint density at radius 3 is 2.47 bits per heavy atom. The summed E-state index contributed by atoms with van der Waals surface area (Å²) in [6.07, 6.45) is 0. The summed E-state index contributed by atoms with van der Waals surface area (Å²) in [5.41, 5.74) is 1.46. The molecule has 1 fully saturated rings. The van der Waals surface area contributed by atoms with Gasteiger partial charge in [-0.1, -0.05) is 44.7 Å². The number of carbonyl (C=O) groups excluding carboxylic acids is 1. The van der Waals surface area contributed by atoms with E-state index in [0.717, 1.165) is 31.1 Å². The van der Waals surface area contributed by atoms with E-state index in [4.69, 9.17) is 14.4 Å². The molecule has 204 valence electrons. The highest BCUT2D eigenvalue weighted by Crippen LogP contribution is 2.30. The third kappa shape index (κ3) is 7.26. The molecule has 1 N–H and O–H groups in total. The van der Waals surface area contributed by atoms with Gasteiger partial charge in [0.25, 0.3) is 5.91 Å². The number of anilines is 2. The molecule has 1 saturated heterocycles. The number of halogens is 1. The summed E-state index contributed by atoms with van der Waals surface area (Å²) in [6, 6.07) is 12.5.